The summed E-state index contributed by atoms with van der Waals surface area (Å²) in [5.74, 6) is -0.702. The molecule has 35 heavy (non-hydrogen) atoms. The third-order valence-corrected chi connectivity index (χ3v) is 5.14. The standard InChI is InChI=1S/C27H28N4O4/c1-30(23-13-4-2-5-14-23)26(34)20-31(24-15-6-3-7-16-24)25(33)19-28-27(35)29-22-12-8-10-21(18-22)11-9-17-32/h2-16,18,32H,17,19-20H2,1H3,(H2,28,29,35). The number of amides is 4. The maximum Gasteiger partial charge on any atom is 0.319 e. The third-order valence-electron chi connectivity index (χ3n) is 5.14. The van der Waals surface area contributed by atoms with Crippen molar-refractivity contribution in [2.24, 2.45) is 0 Å². The van der Waals surface area contributed by atoms with E-state index in [9.17, 15) is 14.4 Å². The summed E-state index contributed by atoms with van der Waals surface area (Å²) < 4.78 is 0. The Kier molecular flexibility index (Phi) is 9.15. The minimum absolute atomic E-state index is 0.0815. The molecule has 0 unspecified atom stereocenters. The Morgan fingerprint density at radius 3 is 2.17 bits per heavy atom. The Balaban J connectivity index is 1.64. The molecule has 0 spiro atoms. The molecule has 3 aromatic rings. The average Bonchev–Trinajstić information content (AvgIpc) is 2.89. The van der Waals surface area contributed by atoms with Gasteiger partial charge in [-0.05, 0) is 42.0 Å². The van der Waals surface area contributed by atoms with E-state index < -0.39 is 11.9 Å². The SMILES string of the molecule is CN(C(=O)CN(C(=O)CNC(=O)Nc1cccc(C=CCO)c1)c1ccccc1)c1ccccc1. The molecule has 0 fully saturated rings. The van der Waals surface area contributed by atoms with Crippen molar-refractivity contribution in [1.29, 1.82) is 0 Å². The molecule has 0 saturated carbocycles. The summed E-state index contributed by atoms with van der Waals surface area (Å²) in [5, 5.41) is 14.1. The summed E-state index contributed by atoms with van der Waals surface area (Å²) in [6.45, 7) is -0.564. The van der Waals surface area contributed by atoms with Gasteiger partial charge in [0, 0.05) is 24.1 Å². The number of rotatable bonds is 9. The van der Waals surface area contributed by atoms with Gasteiger partial charge in [0.15, 0.2) is 0 Å². The van der Waals surface area contributed by atoms with Crippen LogP contribution in [0.4, 0.5) is 21.9 Å². The molecule has 0 saturated heterocycles. The number of likely N-dealkylation sites (N-methyl/N-ethyl adjacent to an activating group) is 1. The van der Waals surface area contributed by atoms with Crippen LogP contribution in [0.1, 0.15) is 5.56 Å². The smallest absolute Gasteiger partial charge is 0.319 e. The first kappa shape index (κ1) is 25.2. The monoisotopic (exact) mass is 472 g/mol. The highest BCUT2D eigenvalue weighted by Crippen LogP contribution is 2.16. The Bertz CT molecular complexity index is 1170. The van der Waals surface area contributed by atoms with Crippen molar-refractivity contribution in [3.63, 3.8) is 0 Å². The largest absolute Gasteiger partial charge is 0.392 e. The quantitative estimate of drug-likeness (QED) is 0.444. The van der Waals surface area contributed by atoms with E-state index in [-0.39, 0.29) is 25.6 Å². The maximum absolute atomic E-state index is 13.0. The number of hydrogen-bond acceptors (Lipinski definition) is 4. The Labute approximate surface area is 204 Å². The molecule has 4 amide bonds. The minimum atomic E-state index is -0.553. The first-order valence-corrected chi connectivity index (χ1v) is 11.1. The van der Waals surface area contributed by atoms with Gasteiger partial charge < -0.3 is 25.5 Å². The van der Waals surface area contributed by atoms with Gasteiger partial charge in [0.1, 0.15) is 6.54 Å². The van der Waals surface area contributed by atoms with E-state index in [1.165, 1.54) is 9.80 Å². The van der Waals surface area contributed by atoms with Gasteiger partial charge in [-0.15, -0.1) is 0 Å². The lowest BCUT2D eigenvalue weighted by Gasteiger charge is -2.25. The summed E-state index contributed by atoms with van der Waals surface area (Å²) >= 11 is 0. The molecule has 8 nitrogen and oxygen atoms in total. The summed E-state index contributed by atoms with van der Waals surface area (Å²) in [5.41, 5.74) is 2.61. The van der Waals surface area contributed by atoms with Gasteiger partial charge in [-0.1, -0.05) is 60.7 Å². The number of para-hydroxylation sites is 2. The molecule has 0 heterocycles. The molecule has 3 aromatic carbocycles. The molecule has 0 aliphatic rings. The van der Waals surface area contributed by atoms with Crippen molar-refractivity contribution in [1.82, 2.24) is 5.32 Å². The molecule has 180 valence electrons. The topological polar surface area (TPSA) is 102 Å². The van der Waals surface area contributed by atoms with E-state index in [1.807, 2.05) is 42.5 Å². The highest BCUT2D eigenvalue weighted by atomic mass is 16.2. The van der Waals surface area contributed by atoms with E-state index in [0.717, 1.165) is 5.56 Å². The number of aliphatic hydroxyl groups excluding tert-OH is 1. The Morgan fingerprint density at radius 1 is 0.857 bits per heavy atom. The third kappa shape index (κ3) is 7.55. The normalized spacial score (nSPS) is 10.6. The van der Waals surface area contributed by atoms with Crippen LogP contribution in [0.3, 0.4) is 0 Å². The lowest BCUT2D eigenvalue weighted by molar-refractivity contribution is -0.121. The molecule has 0 aliphatic heterocycles. The summed E-state index contributed by atoms with van der Waals surface area (Å²) in [6.07, 6.45) is 3.32. The second-order valence-electron chi connectivity index (χ2n) is 7.62. The molecule has 8 heteroatoms. The number of carbonyl (C=O) groups excluding carboxylic acids is 3. The van der Waals surface area contributed by atoms with Crippen LogP contribution in [0.25, 0.3) is 6.08 Å². The zero-order valence-corrected chi connectivity index (χ0v) is 19.4. The fourth-order valence-corrected chi connectivity index (χ4v) is 3.30. The predicted octanol–water partition coefficient (Wildman–Crippen LogP) is 3.51. The highest BCUT2D eigenvalue weighted by Gasteiger charge is 2.22. The molecule has 3 N–H and O–H groups in total. The van der Waals surface area contributed by atoms with Crippen LogP contribution in [0.2, 0.25) is 0 Å². The lowest BCUT2D eigenvalue weighted by Crippen LogP contribution is -2.46. The molecule has 0 radical (unpaired) electrons. The van der Waals surface area contributed by atoms with Crippen molar-refractivity contribution >= 4 is 41.0 Å². The highest BCUT2D eigenvalue weighted by molar-refractivity contribution is 6.05. The number of benzene rings is 3. The second kappa shape index (κ2) is 12.7. The van der Waals surface area contributed by atoms with E-state index in [2.05, 4.69) is 10.6 Å². The number of hydrogen-bond donors (Lipinski definition) is 3. The zero-order valence-electron chi connectivity index (χ0n) is 19.4. The van der Waals surface area contributed by atoms with Crippen LogP contribution in [-0.2, 0) is 9.59 Å². The lowest BCUT2D eigenvalue weighted by atomic mass is 10.2. The molecular formula is C27H28N4O4. The number of urea groups is 1. The van der Waals surface area contributed by atoms with Crippen molar-refractivity contribution in [3.05, 3.63) is 96.6 Å². The molecular weight excluding hydrogens is 444 g/mol. The molecule has 3 rings (SSSR count). The number of aliphatic hydroxyl groups is 1. The first-order chi connectivity index (χ1) is 17.0. The van der Waals surface area contributed by atoms with Gasteiger partial charge in [0.25, 0.3) is 0 Å². The number of nitrogens with zero attached hydrogens (tertiary/aromatic N) is 2. The van der Waals surface area contributed by atoms with Gasteiger partial charge >= 0.3 is 6.03 Å². The van der Waals surface area contributed by atoms with Crippen molar-refractivity contribution < 1.29 is 19.5 Å². The fourth-order valence-electron chi connectivity index (χ4n) is 3.30. The number of nitrogens with one attached hydrogen (secondary N) is 2. The first-order valence-electron chi connectivity index (χ1n) is 11.1. The van der Waals surface area contributed by atoms with E-state index in [1.54, 1.807) is 61.7 Å². The molecule has 0 aromatic heterocycles. The summed E-state index contributed by atoms with van der Waals surface area (Å²) in [4.78, 5) is 41.2. The van der Waals surface area contributed by atoms with Gasteiger partial charge in [-0.3, -0.25) is 9.59 Å². The van der Waals surface area contributed by atoms with Crippen molar-refractivity contribution in [2.75, 3.05) is 41.9 Å². The predicted molar refractivity (Wildman–Crippen MR) is 138 cm³/mol. The Hall–Kier alpha value is -4.43. The van der Waals surface area contributed by atoms with E-state index in [0.29, 0.717) is 17.1 Å². The van der Waals surface area contributed by atoms with E-state index in [4.69, 9.17) is 5.11 Å². The fraction of sp³-hybridized carbons (Fsp3) is 0.148. The number of anilines is 3. The van der Waals surface area contributed by atoms with Crippen molar-refractivity contribution in [2.45, 2.75) is 0 Å². The molecule has 0 bridgehead atoms. The molecule has 0 atom stereocenters. The minimum Gasteiger partial charge on any atom is -0.392 e. The van der Waals surface area contributed by atoms with E-state index >= 15 is 0 Å². The van der Waals surface area contributed by atoms with Gasteiger partial charge in [0.05, 0.1) is 13.2 Å². The van der Waals surface area contributed by atoms with Crippen LogP contribution < -0.4 is 20.4 Å². The van der Waals surface area contributed by atoms with Gasteiger partial charge in [-0.2, -0.15) is 0 Å². The maximum atomic E-state index is 13.0. The molecule has 0 aliphatic carbocycles. The second-order valence-corrected chi connectivity index (χ2v) is 7.62. The summed E-state index contributed by atoms with van der Waals surface area (Å²) in [7, 11) is 1.65. The van der Waals surface area contributed by atoms with Gasteiger partial charge in [0.2, 0.25) is 11.8 Å². The van der Waals surface area contributed by atoms with Crippen LogP contribution in [0.5, 0.6) is 0 Å². The van der Waals surface area contributed by atoms with Crippen molar-refractivity contribution in [3.8, 4) is 0 Å². The van der Waals surface area contributed by atoms with Crippen LogP contribution in [0, 0.1) is 0 Å². The number of carbonyl (C=O) groups is 3. The summed E-state index contributed by atoms with van der Waals surface area (Å²) in [6, 6.07) is 24.5. The van der Waals surface area contributed by atoms with Gasteiger partial charge in [-0.25, -0.2) is 4.79 Å². The Morgan fingerprint density at radius 2 is 1.51 bits per heavy atom. The zero-order chi connectivity index (χ0) is 25.0. The average molecular weight is 473 g/mol. The van der Waals surface area contributed by atoms with Crippen LogP contribution in [-0.4, -0.2) is 49.7 Å². The van der Waals surface area contributed by atoms with Crippen LogP contribution in [0.15, 0.2) is 91.0 Å². The van der Waals surface area contributed by atoms with Crippen LogP contribution >= 0.6 is 0 Å².